The molecular weight excluding hydrogens is 388 g/mol. The molecule has 2 aliphatic rings. The average Bonchev–Trinajstić information content (AvgIpc) is 3.43. The minimum atomic E-state index is -0.222. The van der Waals surface area contributed by atoms with E-state index < -0.39 is 0 Å². The maximum atomic E-state index is 6.07. The summed E-state index contributed by atoms with van der Waals surface area (Å²) in [5, 5.41) is 8.33. The molecule has 8 heteroatoms. The second-order valence-corrected chi connectivity index (χ2v) is 7.72. The van der Waals surface area contributed by atoms with E-state index in [1.807, 2.05) is 31.2 Å². The smallest absolute Gasteiger partial charge is 0.166 e. The molecule has 0 unspecified atom stereocenters. The number of ether oxygens (including phenoxy) is 1. The maximum absolute atomic E-state index is 6.07. The Morgan fingerprint density at radius 2 is 2.14 bits per heavy atom. The Balaban J connectivity index is 0.00000205. The van der Waals surface area contributed by atoms with Gasteiger partial charge >= 0.3 is 0 Å². The summed E-state index contributed by atoms with van der Waals surface area (Å²) in [6.07, 6.45) is 5.64. The number of aryl methyl sites for hydroxylation is 1. The molecule has 5 rings (SSSR count). The summed E-state index contributed by atoms with van der Waals surface area (Å²) in [6.45, 7) is 5.04. The van der Waals surface area contributed by atoms with Crippen LogP contribution in [0.2, 0.25) is 0 Å². The van der Waals surface area contributed by atoms with Gasteiger partial charge in [-0.2, -0.15) is 5.10 Å². The van der Waals surface area contributed by atoms with Crippen molar-refractivity contribution in [1.82, 2.24) is 25.1 Å². The SMILES string of the molecule is C[C@@H](Oc1cc(-c2cc3n(n2)CC[C@@]32CCNC2)cnc1N)c1ccccn1.Cl. The molecule has 2 aliphatic heterocycles. The number of halogens is 1. The van der Waals surface area contributed by atoms with E-state index in [0.29, 0.717) is 11.6 Å². The first kappa shape index (κ1) is 19.7. The molecule has 0 saturated carbocycles. The summed E-state index contributed by atoms with van der Waals surface area (Å²) in [4.78, 5) is 8.70. The zero-order chi connectivity index (χ0) is 19.1. The molecule has 3 aromatic heterocycles. The van der Waals surface area contributed by atoms with Gasteiger partial charge in [-0.1, -0.05) is 6.07 Å². The Hall–Kier alpha value is -2.64. The highest BCUT2D eigenvalue weighted by Gasteiger charge is 2.42. The highest BCUT2D eigenvalue weighted by atomic mass is 35.5. The van der Waals surface area contributed by atoms with Gasteiger partial charge in [0.1, 0.15) is 6.10 Å². The molecule has 3 aromatic rings. The Kier molecular flexibility index (Phi) is 5.19. The summed E-state index contributed by atoms with van der Waals surface area (Å²) in [5.41, 5.74) is 10.3. The van der Waals surface area contributed by atoms with Crippen LogP contribution in [0.25, 0.3) is 11.3 Å². The molecule has 1 saturated heterocycles. The van der Waals surface area contributed by atoms with Crippen LogP contribution >= 0.6 is 12.4 Å². The first-order valence-electron chi connectivity index (χ1n) is 9.77. The fraction of sp³-hybridized carbons (Fsp3) is 0.381. The fourth-order valence-corrected chi connectivity index (χ4v) is 4.34. The third-order valence-electron chi connectivity index (χ3n) is 5.95. The van der Waals surface area contributed by atoms with Crippen molar-refractivity contribution in [2.75, 3.05) is 18.8 Å². The Morgan fingerprint density at radius 3 is 2.90 bits per heavy atom. The Bertz CT molecular complexity index is 1000. The molecule has 29 heavy (non-hydrogen) atoms. The van der Waals surface area contributed by atoms with E-state index >= 15 is 0 Å². The van der Waals surface area contributed by atoms with Crippen LogP contribution in [0, 0.1) is 0 Å². The number of nitrogens with zero attached hydrogens (tertiary/aromatic N) is 4. The van der Waals surface area contributed by atoms with E-state index in [9.17, 15) is 0 Å². The minimum absolute atomic E-state index is 0. The van der Waals surface area contributed by atoms with Crippen LogP contribution in [-0.4, -0.2) is 32.8 Å². The van der Waals surface area contributed by atoms with Crippen molar-refractivity contribution < 1.29 is 4.74 Å². The maximum Gasteiger partial charge on any atom is 0.166 e. The van der Waals surface area contributed by atoms with Gasteiger partial charge < -0.3 is 15.8 Å². The third-order valence-corrected chi connectivity index (χ3v) is 5.95. The first-order chi connectivity index (χ1) is 13.6. The molecule has 1 fully saturated rings. The van der Waals surface area contributed by atoms with Crippen molar-refractivity contribution in [3.05, 3.63) is 54.1 Å². The van der Waals surface area contributed by atoms with Gasteiger partial charge in [-0.25, -0.2) is 4.98 Å². The second kappa shape index (κ2) is 7.65. The van der Waals surface area contributed by atoms with Crippen LogP contribution in [-0.2, 0) is 12.0 Å². The van der Waals surface area contributed by atoms with Crippen LogP contribution in [0.4, 0.5) is 5.82 Å². The number of nitrogen functional groups attached to an aromatic ring is 1. The van der Waals surface area contributed by atoms with Crippen molar-refractivity contribution >= 4 is 18.2 Å². The van der Waals surface area contributed by atoms with Gasteiger partial charge in [0.15, 0.2) is 11.6 Å². The Labute approximate surface area is 176 Å². The lowest BCUT2D eigenvalue weighted by Crippen LogP contribution is -2.25. The van der Waals surface area contributed by atoms with Gasteiger partial charge in [0.2, 0.25) is 0 Å². The molecule has 0 aromatic carbocycles. The van der Waals surface area contributed by atoms with E-state index in [-0.39, 0.29) is 23.9 Å². The molecule has 5 heterocycles. The molecule has 0 bridgehead atoms. The summed E-state index contributed by atoms with van der Waals surface area (Å²) < 4.78 is 8.22. The third kappa shape index (κ3) is 3.45. The number of nitrogens with two attached hydrogens (primary N) is 1. The molecular formula is C21H25ClN6O. The van der Waals surface area contributed by atoms with E-state index in [4.69, 9.17) is 15.6 Å². The van der Waals surface area contributed by atoms with Crippen molar-refractivity contribution in [3.8, 4) is 17.0 Å². The molecule has 7 nitrogen and oxygen atoms in total. The minimum Gasteiger partial charge on any atom is -0.481 e. The summed E-state index contributed by atoms with van der Waals surface area (Å²) in [6, 6.07) is 9.91. The van der Waals surface area contributed by atoms with Gasteiger partial charge in [0.25, 0.3) is 0 Å². The van der Waals surface area contributed by atoms with Gasteiger partial charge in [-0.3, -0.25) is 9.67 Å². The lowest BCUT2D eigenvalue weighted by atomic mass is 9.82. The van der Waals surface area contributed by atoms with Crippen molar-refractivity contribution in [3.63, 3.8) is 0 Å². The van der Waals surface area contributed by atoms with Crippen LogP contribution in [0.3, 0.4) is 0 Å². The van der Waals surface area contributed by atoms with E-state index in [1.165, 1.54) is 18.5 Å². The van der Waals surface area contributed by atoms with Gasteiger partial charge in [0, 0.05) is 42.2 Å². The van der Waals surface area contributed by atoms with Crippen molar-refractivity contribution in [2.45, 2.75) is 37.8 Å². The van der Waals surface area contributed by atoms with Crippen LogP contribution in [0.1, 0.15) is 37.3 Å². The quantitative estimate of drug-likeness (QED) is 0.684. The number of hydrogen-bond donors (Lipinski definition) is 2. The van der Waals surface area contributed by atoms with E-state index in [1.54, 1.807) is 12.4 Å². The molecule has 2 atom stereocenters. The number of nitrogens with one attached hydrogen (secondary N) is 1. The molecule has 0 radical (unpaired) electrons. The topological polar surface area (TPSA) is 90.9 Å². The lowest BCUT2D eigenvalue weighted by molar-refractivity contribution is 0.222. The lowest BCUT2D eigenvalue weighted by Gasteiger charge is -2.20. The number of aromatic nitrogens is 4. The normalized spacial score (nSPS) is 21.0. The van der Waals surface area contributed by atoms with Gasteiger partial charge in [-0.15, -0.1) is 12.4 Å². The van der Waals surface area contributed by atoms with Gasteiger partial charge in [-0.05, 0) is 50.6 Å². The zero-order valence-corrected chi connectivity index (χ0v) is 17.2. The van der Waals surface area contributed by atoms with E-state index in [0.717, 1.165) is 36.6 Å². The average molecular weight is 413 g/mol. The number of fused-ring (bicyclic) bond motifs is 2. The van der Waals surface area contributed by atoms with Crippen molar-refractivity contribution in [1.29, 1.82) is 0 Å². The summed E-state index contributed by atoms with van der Waals surface area (Å²) >= 11 is 0. The highest BCUT2D eigenvalue weighted by Crippen LogP contribution is 2.41. The largest absolute Gasteiger partial charge is 0.481 e. The molecule has 0 amide bonds. The number of pyridine rings is 2. The number of hydrogen-bond acceptors (Lipinski definition) is 6. The second-order valence-electron chi connectivity index (χ2n) is 7.72. The predicted molar refractivity (Wildman–Crippen MR) is 114 cm³/mol. The number of rotatable bonds is 4. The molecule has 3 N–H and O–H groups in total. The standard InChI is InChI=1S/C21H24N6O.ClH/c1-14(16-4-2-3-7-24-16)28-18-10-15(12-25-20(18)22)17-11-19-21(5-8-23-13-21)6-9-27(19)26-17;/h2-4,7,10-12,14,23H,5-6,8-9,13H2,1H3,(H2,22,25);1H/t14-,21-;/m1./s1. The fourth-order valence-electron chi connectivity index (χ4n) is 4.34. The summed E-state index contributed by atoms with van der Waals surface area (Å²) in [5.74, 6) is 0.927. The molecule has 152 valence electrons. The molecule has 0 aliphatic carbocycles. The summed E-state index contributed by atoms with van der Waals surface area (Å²) in [7, 11) is 0. The van der Waals surface area contributed by atoms with Crippen molar-refractivity contribution in [2.24, 2.45) is 0 Å². The zero-order valence-electron chi connectivity index (χ0n) is 16.3. The monoisotopic (exact) mass is 412 g/mol. The first-order valence-corrected chi connectivity index (χ1v) is 9.77. The van der Waals surface area contributed by atoms with Crippen LogP contribution < -0.4 is 15.8 Å². The van der Waals surface area contributed by atoms with Gasteiger partial charge in [0.05, 0.1) is 11.4 Å². The predicted octanol–water partition coefficient (Wildman–Crippen LogP) is 3.12. The highest BCUT2D eigenvalue weighted by molar-refractivity contribution is 5.85. The molecule has 1 spiro atoms. The van der Waals surface area contributed by atoms with Crippen LogP contribution in [0.5, 0.6) is 5.75 Å². The van der Waals surface area contributed by atoms with Crippen LogP contribution in [0.15, 0.2) is 42.7 Å². The number of anilines is 1. The van der Waals surface area contributed by atoms with E-state index in [2.05, 4.69) is 26.0 Å². The Morgan fingerprint density at radius 1 is 1.24 bits per heavy atom.